The van der Waals surface area contributed by atoms with Crippen LogP contribution < -0.4 is 15.4 Å². The Balaban J connectivity index is 0.00000288. The summed E-state index contributed by atoms with van der Waals surface area (Å²) in [5.74, 6) is 1.75. The van der Waals surface area contributed by atoms with Crippen molar-refractivity contribution in [3.8, 4) is 5.75 Å². The Hall–Kier alpha value is -1.02. The molecule has 1 aliphatic rings. The first-order valence-corrected chi connectivity index (χ1v) is 8.37. The van der Waals surface area contributed by atoms with Crippen molar-refractivity contribution in [2.75, 3.05) is 26.8 Å². The fourth-order valence-electron chi connectivity index (χ4n) is 2.79. The van der Waals surface area contributed by atoms with E-state index in [2.05, 4.69) is 41.6 Å². The van der Waals surface area contributed by atoms with Crippen LogP contribution >= 0.6 is 24.0 Å². The van der Waals surface area contributed by atoms with Gasteiger partial charge < -0.3 is 20.1 Å². The van der Waals surface area contributed by atoms with Crippen LogP contribution in [0.3, 0.4) is 0 Å². The van der Waals surface area contributed by atoms with Crippen LogP contribution in [-0.2, 0) is 11.3 Å². The standard InChI is InChI=1S/C18H29N3O2.HI/c1-5-22-16-8-7-15(11-14(16)2)12-20-17(19-4)21-13-18(3)9-6-10-23-18;/h7-8,11H,5-6,9-10,12-13H2,1-4H3,(H2,19,20,21);1H. The molecule has 1 aromatic carbocycles. The molecule has 1 atom stereocenters. The van der Waals surface area contributed by atoms with Gasteiger partial charge in [0.25, 0.3) is 0 Å². The van der Waals surface area contributed by atoms with Crippen LogP contribution in [0.4, 0.5) is 0 Å². The minimum Gasteiger partial charge on any atom is -0.494 e. The van der Waals surface area contributed by atoms with E-state index in [0.717, 1.165) is 49.8 Å². The molecule has 136 valence electrons. The quantitative estimate of drug-likeness (QED) is 0.400. The van der Waals surface area contributed by atoms with E-state index < -0.39 is 0 Å². The molecule has 0 radical (unpaired) electrons. The molecule has 1 unspecified atom stereocenters. The number of rotatable bonds is 6. The van der Waals surface area contributed by atoms with Crippen LogP contribution in [0.2, 0.25) is 0 Å². The van der Waals surface area contributed by atoms with Crippen molar-refractivity contribution in [2.24, 2.45) is 4.99 Å². The van der Waals surface area contributed by atoms with Crippen molar-refractivity contribution in [1.82, 2.24) is 10.6 Å². The summed E-state index contributed by atoms with van der Waals surface area (Å²) in [6.07, 6.45) is 2.23. The van der Waals surface area contributed by atoms with E-state index in [-0.39, 0.29) is 29.6 Å². The first-order chi connectivity index (χ1) is 11.1. The lowest BCUT2D eigenvalue weighted by molar-refractivity contribution is 0.0243. The molecule has 0 bridgehead atoms. The predicted molar refractivity (Wildman–Crippen MR) is 110 cm³/mol. The topological polar surface area (TPSA) is 54.9 Å². The maximum atomic E-state index is 5.79. The molecular formula is C18H30IN3O2. The van der Waals surface area contributed by atoms with Gasteiger partial charge in [-0.25, -0.2) is 0 Å². The highest BCUT2D eigenvalue weighted by atomic mass is 127. The lowest BCUT2D eigenvalue weighted by Gasteiger charge is -2.24. The first kappa shape index (κ1) is 21.0. The van der Waals surface area contributed by atoms with Gasteiger partial charge in [0.1, 0.15) is 5.75 Å². The van der Waals surface area contributed by atoms with Crippen LogP contribution in [0.15, 0.2) is 23.2 Å². The lowest BCUT2D eigenvalue weighted by atomic mass is 10.0. The molecule has 6 heteroatoms. The van der Waals surface area contributed by atoms with Crippen LogP contribution in [0.5, 0.6) is 5.75 Å². The summed E-state index contributed by atoms with van der Waals surface area (Å²) in [4.78, 5) is 4.28. The molecule has 1 aromatic rings. The predicted octanol–water partition coefficient (Wildman–Crippen LogP) is 3.25. The minimum absolute atomic E-state index is 0. The van der Waals surface area contributed by atoms with Crippen LogP contribution in [0, 0.1) is 6.92 Å². The normalized spacial score (nSPS) is 20.4. The minimum atomic E-state index is -0.0760. The lowest BCUT2D eigenvalue weighted by Crippen LogP contribution is -2.45. The van der Waals surface area contributed by atoms with E-state index in [1.54, 1.807) is 7.05 Å². The van der Waals surface area contributed by atoms with Crippen molar-refractivity contribution in [1.29, 1.82) is 0 Å². The van der Waals surface area contributed by atoms with E-state index >= 15 is 0 Å². The van der Waals surface area contributed by atoms with Crippen LogP contribution in [-0.4, -0.2) is 38.4 Å². The number of hydrogen-bond acceptors (Lipinski definition) is 3. The van der Waals surface area contributed by atoms with E-state index in [4.69, 9.17) is 9.47 Å². The highest BCUT2D eigenvalue weighted by Gasteiger charge is 2.29. The Morgan fingerprint density at radius 2 is 2.17 bits per heavy atom. The Labute approximate surface area is 162 Å². The van der Waals surface area contributed by atoms with Gasteiger partial charge in [0.2, 0.25) is 0 Å². The second kappa shape index (κ2) is 10.1. The van der Waals surface area contributed by atoms with Gasteiger partial charge >= 0.3 is 0 Å². The summed E-state index contributed by atoms with van der Waals surface area (Å²) in [5, 5.41) is 6.71. The second-order valence-electron chi connectivity index (χ2n) is 6.21. The number of halogens is 1. The first-order valence-electron chi connectivity index (χ1n) is 8.37. The van der Waals surface area contributed by atoms with Gasteiger partial charge in [-0.2, -0.15) is 0 Å². The van der Waals surface area contributed by atoms with Crippen molar-refractivity contribution in [3.05, 3.63) is 29.3 Å². The summed E-state index contributed by atoms with van der Waals surface area (Å²) in [6, 6.07) is 6.26. The number of benzene rings is 1. The van der Waals surface area contributed by atoms with Gasteiger partial charge in [-0.3, -0.25) is 4.99 Å². The van der Waals surface area contributed by atoms with Crippen LogP contribution in [0.1, 0.15) is 37.8 Å². The average molecular weight is 447 g/mol. The van der Waals surface area contributed by atoms with E-state index in [9.17, 15) is 0 Å². The third-order valence-corrected chi connectivity index (χ3v) is 4.15. The van der Waals surface area contributed by atoms with Gasteiger partial charge in [0.05, 0.1) is 12.2 Å². The third kappa shape index (κ3) is 6.12. The number of nitrogens with zero attached hydrogens (tertiary/aromatic N) is 1. The summed E-state index contributed by atoms with van der Waals surface area (Å²) >= 11 is 0. The van der Waals surface area contributed by atoms with Crippen molar-refractivity contribution in [3.63, 3.8) is 0 Å². The average Bonchev–Trinajstić information content (AvgIpc) is 2.97. The maximum Gasteiger partial charge on any atom is 0.191 e. The molecular weight excluding hydrogens is 417 g/mol. The molecule has 2 N–H and O–H groups in total. The molecule has 5 nitrogen and oxygen atoms in total. The third-order valence-electron chi connectivity index (χ3n) is 4.15. The van der Waals surface area contributed by atoms with Gasteiger partial charge in [-0.05, 0) is 50.8 Å². The molecule has 0 amide bonds. The molecule has 1 saturated heterocycles. The number of guanidine groups is 1. The van der Waals surface area contributed by atoms with Gasteiger partial charge in [-0.1, -0.05) is 12.1 Å². The van der Waals surface area contributed by atoms with Crippen molar-refractivity contribution < 1.29 is 9.47 Å². The Bertz CT molecular complexity index is 543. The second-order valence-corrected chi connectivity index (χ2v) is 6.21. The molecule has 0 spiro atoms. The molecule has 1 aliphatic heterocycles. The smallest absolute Gasteiger partial charge is 0.191 e. The summed E-state index contributed by atoms with van der Waals surface area (Å²) in [5.41, 5.74) is 2.28. The summed E-state index contributed by atoms with van der Waals surface area (Å²) in [6.45, 7) is 9.26. The molecule has 0 saturated carbocycles. The van der Waals surface area contributed by atoms with E-state index in [1.807, 2.05) is 13.0 Å². The zero-order valence-corrected chi connectivity index (χ0v) is 17.5. The Morgan fingerprint density at radius 3 is 2.75 bits per heavy atom. The summed E-state index contributed by atoms with van der Waals surface area (Å²) in [7, 11) is 1.79. The fraction of sp³-hybridized carbons (Fsp3) is 0.611. The molecule has 0 aromatic heterocycles. The maximum absolute atomic E-state index is 5.79. The zero-order chi connectivity index (χ0) is 16.7. The van der Waals surface area contributed by atoms with E-state index in [1.165, 1.54) is 5.56 Å². The number of aryl methyl sites for hydroxylation is 1. The highest BCUT2D eigenvalue weighted by Crippen LogP contribution is 2.23. The highest BCUT2D eigenvalue weighted by molar-refractivity contribution is 14.0. The Kier molecular flexibility index (Phi) is 8.83. The molecule has 1 fully saturated rings. The van der Waals surface area contributed by atoms with Gasteiger partial charge in [0.15, 0.2) is 5.96 Å². The van der Waals surface area contributed by atoms with Gasteiger partial charge in [0, 0.05) is 26.7 Å². The van der Waals surface area contributed by atoms with E-state index in [0.29, 0.717) is 6.61 Å². The number of ether oxygens (including phenoxy) is 2. The van der Waals surface area contributed by atoms with Crippen molar-refractivity contribution >= 4 is 29.9 Å². The monoisotopic (exact) mass is 447 g/mol. The number of nitrogens with one attached hydrogen (secondary N) is 2. The SMILES string of the molecule is CCOc1ccc(CNC(=NC)NCC2(C)CCCO2)cc1C.I. The molecule has 0 aliphatic carbocycles. The largest absolute Gasteiger partial charge is 0.494 e. The van der Waals surface area contributed by atoms with Crippen molar-refractivity contribution in [2.45, 2.75) is 45.8 Å². The Morgan fingerprint density at radius 1 is 1.38 bits per heavy atom. The molecule has 1 heterocycles. The number of aliphatic imine (C=N–C) groups is 1. The molecule has 2 rings (SSSR count). The van der Waals surface area contributed by atoms with Crippen LogP contribution in [0.25, 0.3) is 0 Å². The zero-order valence-electron chi connectivity index (χ0n) is 15.1. The summed E-state index contributed by atoms with van der Waals surface area (Å²) < 4.78 is 11.4. The fourth-order valence-corrected chi connectivity index (χ4v) is 2.79. The van der Waals surface area contributed by atoms with Gasteiger partial charge in [-0.15, -0.1) is 24.0 Å². The number of hydrogen-bond donors (Lipinski definition) is 2. The molecule has 24 heavy (non-hydrogen) atoms.